The number of esters is 4. The number of amides is 4. The summed E-state index contributed by atoms with van der Waals surface area (Å²) < 4.78 is 36.0. The van der Waals surface area contributed by atoms with Crippen LogP contribution < -0.4 is 26.6 Å². The Morgan fingerprint density at radius 1 is 0.647 bits per heavy atom. The van der Waals surface area contributed by atoms with Gasteiger partial charge in [0, 0.05) is 32.4 Å². The number of carbonyl (C=O) groups excluding carboxylic acids is 8. The summed E-state index contributed by atoms with van der Waals surface area (Å²) in [6, 6.07) is 7.20. The number of rotatable bonds is 19. The van der Waals surface area contributed by atoms with Gasteiger partial charge in [-0.2, -0.15) is 0 Å². The lowest BCUT2D eigenvalue weighted by Crippen LogP contribution is -2.57. The minimum atomic E-state index is -0.796. The molecule has 5 saturated heterocycles. The lowest BCUT2D eigenvalue weighted by atomic mass is 9.86. The first-order valence-electron chi connectivity index (χ1n) is 29.6. The number of likely N-dealkylation sites (tertiary alicyclic amines) is 3. The molecule has 480 valence electrons. The van der Waals surface area contributed by atoms with Gasteiger partial charge in [-0.15, -0.1) is 0 Å². The fourth-order valence-electron chi connectivity index (χ4n) is 10.2. The molecule has 85 heavy (non-hydrogen) atoms. The molecular weight excluding hydrogens is 1100 g/mol. The highest BCUT2D eigenvalue weighted by Crippen LogP contribution is 2.27. The molecule has 0 radical (unpaired) electrons. The van der Waals surface area contributed by atoms with Gasteiger partial charge in [0.05, 0.1) is 42.6 Å². The highest BCUT2D eigenvalue weighted by atomic mass is 16.7. The van der Waals surface area contributed by atoms with E-state index in [9.17, 15) is 43.2 Å². The first-order valence-corrected chi connectivity index (χ1v) is 29.6. The number of aliphatic carboxylic acids is 1. The average Bonchev–Trinajstić information content (AvgIpc) is 4.48. The zero-order valence-electron chi connectivity index (χ0n) is 52.7. The van der Waals surface area contributed by atoms with Crippen LogP contribution in [-0.2, 0) is 82.9 Å². The number of carbonyl (C=O) groups is 9. The van der Waals surface area contributed by atoms with E-state index in [2.05, 4.69) is 26.6 Å². The van der Waals surface area contributed by atoms with Gasteiger partial charge in [-0.05, 0) is 117 Å². The normalized spacial score (nSPS) is 24.5. The van der Waals surface area contributed by atoms with E-state index in [0.717, 1.165) is 50.8 Å². The zero-order valence-corrected chi connectivity index (χ0v) is 52.7. The number of nitrogens with one attached hydrogen (secondary N) is 5. The summed E-state index contributed by atoms with van der Waals surface area (Å²) in [6.45, 7) is 24.8. The lowest BCUT2D eigenvalue weighted by molar-refractivity contribution is -0.165. The van der Waals surface area contributed by atoms with Crippen molar-refractivity contribution in [1.82, 2.24) is 41.3 Å². The maximum absolute atomic E-state index is 13.0. The molecule has 25 nitrogen and oxygen atoms in total. The van der Waals surface area contributed by atoms with Crippen molar-refractivity contribution < 1.29 is 81.4 Å². The predicted octanol–water partition coefficient (Wildman–Crippen LogP) is 3.37. The van der Waals surface area contributed by atoms with E-state index in [4.69, 9.17) is 38.3 Å². The van der Waals surface area contributed by atoms with Crippen molar-refractivity contribution in [2.75, 3.05) is 67.6 Å². The number of nitrogens with zero attached hydrogens (tertiary/aromatic N) is 3. The second kappa shape index (κ2) is 35.5. The summed E-state index contributed by atoms with van der Waals surface area (Å²) in [5.74, 6) is -2.67. The maximum Gasteiger partial charge on any atom is 0.335 e. The molecule has 0 aliphatic carbocycles. The summed E-state index contributed by atoms with van der Waals surface area (Å²) in [4.78, 5) is 111. The lowest BCUT2D eigenvalue weighted by Gasteiger charge is -2.35. The van der Waals surface area contributed by atoms with E-state index in [1.807, 2.05) is 117 Å². The largest absolute Gasteiger partial charge is 0.480 e. The number of hydrogen-bond acceptors (Lipinski definition) is 20. The quantitative estimate of drug-likeness (QED) is 0.0854. The van der Waals surface area contributed by atoms with Crippen molar-refractivity contribution >= 4 is 53.5 Å². The SMILES string of the molecule is CC(C)C(=O)OCc1ccccc1.CCO[C@@H]1OC(=O)C=C1NC(=O)[C@@H]1CCCN1C.CCO[C@@H]1OC(=O)C[C@@H]1NC(=O)[C@@H]1CCCN1C.CCO[C@@H]1OC(=O)C[C@@H]1NC(=O)[C@@H]1CCCN1C(=O)[C@@H](NC)C(C)(C)C.CN[C@H](C(=O)O)C(C)(C)C. The van der Waals surface area contributed by atoms with Gasteiger partial charge >= 0.3 is 29.8 Å². The van der Waals surface area contributed by atoms with Crippen LogP contribution in [0.15, 0.2) is 42.1 Å². The van der Waals surface area contributed by atoms with E-state index in [1.165, 1.54) is 6.08 Å². The molecule has 1 aromatic rings. The van der Waals surface area contributed by atoms with Crippen molar-refractivity contribution in [3.63, 3.8) is 0 Å². The van der Waals surface area contributed by atoms with Crippen LogP contribution in [-0.4, -0.2) is 202 Å². The van der Waals surface area contributed by atoms with Crippen LogP contribution in [0.3, 0.4) is 0 Å². The molecule has 0 unspecified atom stereocenters. The van der Waals surface area contributed by atoms with Crippen molar-refractivity contribution in [2.24, 2.45) is 16.7 Å². The van der Waals surface area contributed by atoms with Crippen molar-refractivity contribution in [3.05, 3.63) is 47.7 Å². The van der Waals surface area contributed by atoms with E-state index in [-0.39, 0.29) is 89.3 Å². The molecule has 0 saturated carbocycles. The second-order valence-corrected chi connectivity index (χ2v) is 23.8. The van der Waals surface area contributed by atoms with Gasteiger partial charge < -0.3 is 69.7 Å². The Labute approximate surface area is 502 Å². The number of benzene rings is 1. The number of carboxylic acid groups (broad SMARTS) is 1. The number of likely N-dealkylation sites (N-methyl/N-ethyl adjacent to an activating group) is 4. The predicted molar refractivity (Wildman–Crippen MR) is 313 cm³/mol. The third-order valence-corrected chi connectivity index (χ3v) is 14.6. The molecule has 5 fully saturated rings. The molecule has 10 atom stereocenters. The second-order valence-electron chi connectivity index (χ2n) is 23.8. The van der Waals surface area contributed by atoms with Crippen molar-refractivity contribution in [2.45, 2.75) is 195 Å². The molecule has 7 rings (SSSR count). The number of ether oxygens (including phenoxy) is 7. The van der Waals surface area contributed by atoms with E-state index in [0.29, 0.717) is 45.1 Å². The summed E-state index contributed by atoms with van der Waals surface area (Å²) in [5.41, 5.74) is 0.936. The van der Waals surface area contributed by atoms with Crippen LogP contribution >= 0.6 is 0 Å². The van der Waals surface area contributed by atoms with Gasteiger partial charge in [-0.3, -0.25) is 48.2 Å². The van der Waals surface area contributed by atoms with Gasteiger partial charge in [0.25, 0.3) is 0 Å². The van der Waals surface area contributed by atoms with Crippen LogP contribution in [0.2, 0.25) is 0 Å². The summed E-state index contributed by atoms with van der Waals surface area (Å²) in [6.07, 6.45) is 4.49. The summed E-state index contributed by atoms with van der Waals surface area (Å²) in [5, 5.41) is 22.9. The third kappa shape index (κ3) is 23.6. The van der Waals surface area contributed by atoms with Crippen molar-refractivity contribution in [3.8, 4) is 0 Å². The third-order valence-electron chi connectivity index (χ3n) is 14.6. The smallest absolute Gasteiger partial charge is 0.335 e. The first kappa shape index (κ1) is 73.2. The van der Waals surface area contributed by atoms with Gasteiger partial charge in [-0.1, -0.05) is 85.7 Å². The molecule has 6 heterocycles. The Kier molecular flexibility index (Phi) is 30.6. The molecule has 6 aliphatic rings. The first-order chi connectivity index (χ1) is 40.0. The Bertz CT molecular complexity index is 2380. The minimum absolute atomic E-state index is 0.0389. The molecule has 0 aromatic heterocycles. The fourth-order valence-corrected chi connectivity index (χ4v) is 10.2. The Hall–Kier alpha value is -6.09. The molecule has 0 spiro atoms. The topological polar surface area (TPSA) is 308 Å². The monoisotopic (exact) mass is 1200 g/mol. The molecule has 6 N–H and O–H groups in total. The van der Waals surface area contributed by atoms with Gasteiger partial charge in [0.2, 0.25) is 42.5 Å². The minimum Gasteiger partial charge on any atom is -0.480 e. The van der Waals surface area contributed by atoms with E-state index >= 15 is 0 Å². The van der Waals surface area contributed by atoms with Gasteiger partial charge in [0.1, 0.15) is 30.8 Å². The molecule has 0 bridgehead atoms. The fraction of sp³-hybridized carbons (Fsp3) is 0.717. The molecule has 6 aliphatic heterocycles. The number of carboxylic acids is 1. The summed E-state index contributed by atoms with van der Waals surface area (Å²) in [7, 11) is 7.27. The van der Waals surface area contributed by atoms with Gasteiger partial charge in [0.15, 0.2) is 0 Å². The van der Waals surface area contributed by atoms with Crippen LogP contribution in [0.1, 0.15) is 133 Å². The van der Waals surface area contributed by atoms with Crippen LogP contribution in [0.5, 0.6) is 0 Å². The zero-order chi connectivity index (χ0) is 63.8. The summed E-state index contributed by atoms with van der Waals surface area (Å²) >= 11 is 0. The van der Waals surface area contributed by atoms with Crippen LogP contribution in [0.4, 0.5) is 0 Å². The maximum atomic E-state index is 13.0. The Morgan fingerprint density at radius 2 is 1.11 bits per heavy atom. The van der Waals surface area contributed by atoms with E-state index < -0.39 is 54.9 Å². The highest BCUT2D eigenvalue weighted by molar-refractivity contribution is 5.92. The Balaban J connectivity index is 0.000000288. The van der Waals surface area contributed by atoms with Crippen molar-refractivity contribution in [1.29, 1.82) is 0 Å². The standard InChI is InChI=1S/C18H31N3O5.C12H20N2O4.C12H18N2O4.C11H14O2.C7H15NO2/c1-6-25-17-11(10-13(22)26-17)20-15(23)12-8-7-9-21(12)16(24)14(19-5)18(2,3)4;2*1-3-17-12-8(7-10(15)18-12)13-11(16)9-5-4-6-14(9)2;1-9(2)11(12)13-8-10-6-4-3-5-7-10;1-7(2,3)5(8-4)6(9)10/h11-12,14,17,19H,6-10H2,1-5H3,(H,20,23);8-9,12H,3-7H2,1-2H3,(H,13,16);7,9,12H,3-6H2,1-2H3,(H,13,16);3-7,9H,8H2,1-2H3;5,8H,1-4H3,(H,9,10)/t11-,12-,14+,17+;8-,9-,12+;9-,12+;;5-/m000.1/s1. The van der Waals surface area contributed by atoms with E-state index in [1.54, 1.807) is 32.8 Å². The number of hydrogen-bond donors (Lipinski definition) is 6. The molecular formula is C60H98N8O17. The number of cyclic esters (lactones) is 3. The molecule has 1 aromatic carbocycles. The van der Waals surface area contributed by atoms with Crippen LogP contribution in [0.25, 0.3) is 0 Å². The van der Waals surface area contributed by atoms with Crippen LogP contribution in [0, 0.1) is 16.7 Å². The average molecular weight is 1200 g/mol. The van der Waals surface area contributed by atoms with Gasteiger partial charge in [-0.25, -0.2) is 4.79 Å². The Morgan fingerprint density at radius 3 is 1.52 bits per heavy atom. The molecule has 4 amide bonds. The highest BCUT2D eigenvalue weighted by Gasteiger charge is 2.44. The molecule has 25 heteroatoms.